The Morgan fingerprint density at radius 1 is 1.19 bits per heavy atom. The molecule has 8 heteroatoms. The number of rotatable bonds is 4. The minimum atomic E-state index is -4.03. The quantitative estimate of drug-likeness (QED) is 0.858. The summed E-state index contributed by atoms with van der Waals surface area (Å²) >= 11 is 0. The second-order valence-electron chi connectivity index (χ2n) is 6.66. The SMILES string of the molecule is Cc1ccc(S(=O)(=O)[C@@H]2[C@H](c3ccc4c(c3)OCO4)[C@@]2(C#N)C(=O)O)cc1. The number of fused-ring (bicyclic) bond motifs is 1. The number of aliphatic carboxylic acids is 1. The zero-order valence-electron chi connectivity index (χ0n) is 14.2. The molecule has 1 saturated carbocycles. The van der Waals surface area contributed by atoms with Crippen LogP contribution in [0.4, 0.5) is 0 Å². The molecule has 1 aliphatic heterocycles. The van der Waals surface area contributed by atoms with E-state index >= 15 is 0 Å². The number of ether oxygens (including phenoxy) is 2. The fourth-order valence-electron chi connectivity index (χ4n) is 3.63. The van der Waals surface area contributed by atoms with Crippen molar-refractivity contribution in [2.75, 3.05) is 6.79 Å². The number of carbonyl (C=O) groups is 1. The van der Waals surface area contributed by atoms with Gasteiger partial charge in [0.2, 0.25) is 6.79 Å². The monoisotopic (exact) mass is 385 g/mol. The zero-order valence-corrected chi connectivity index (χ0v) is 15.1. The summed E-state index contributed by atoms with van der Waals surface area (Å²) < 4.78 is 36.8. The maximum absolute atomic E-state index is 13.1. The van der Waals surface area contributed by atoms with Crippen molar-refractivity contribution in [1.82, 2.24) is 0 Å². The van der Waals surface area contributed by atoms with E-state index in [1.807, 2.05) is 6.92 Å². The number of carboxylic acids is 1. The number of sulfone groups is 1. The first-order chi connectivity index (χ1) is 12.8. The predicted molar refractivity (Wildman–Crippen MR) is 93.1 cm³/mol. The molecule has 0 spiro atoms. The summed E-state index contributed by atoms with van der Waals surface area (Å²) in [5.74, 6) is -1.55. The third-order valence-corrected chi connectivity index (χ3v) is 7.35. The molecule has 1 N–H and O–H groups in total. The molecule has 2 aromatic carbocycles. The first kappa shape index (κ1) is 17.4. The Morgan fingerprint density at radius 2 is 1.85 bits per heavy atom. The number of carboxylic acid groups (broad SMARTS) is 1. The lowest BCUT2D eigenvalue weighted by molar-refractivity contribution is -0.141. The van der Waals surface area contributed by atoms with Crippen molar-refractivity contribution in [3.8, 4) is 17.6 Å². The molecule has 0 unspecified atom stereocenters. The summed E-state index contributed by atoms with van der Waals surface area (Å²) in [4.78, 5) is 11.9. The molecular formula is C19H15NO6S. The van der Waals surface area contributed by atoms with Crippen LogP contribution < -0.4 is 9.47 Å². The Labute approximate surface area is 155 Å². The van der Waals surface area contributed by atoms with Gasteiger partial charge in [0.05, 0.1) is 11.0 Å². The normalized spacial score (nSPS) is 25.6. The number of hydrogen-bond acceptors (Lipinski definition) is 6. The van der Waals surface area contributed by atoms with E-state index in [0.29, 0.717) is 17.1 Å². The van der Waals surface area contributed by atoms with E-state index in [9.17, 15) is 23.6 Å². The Morgan fingerprint density at radius 3 is 2.48 bits per heavy atom. The van der Waals surface area contributed by atoms with Crippen molar-refractivity contribution >= 4 is 15.8 Å². The molecule has 0 bridgehead atoms. The molecule has 1 aliphatic carbocycles. The first-order valence-corrected chi connectivity index (χ1v) is 9.72. The van der Waals surface area contributed by atoms with E-state index in [1.165, 1.54) is 12.1 Å². The second-order valence-corrected chi connectivity index (χ2v) is 8.72. The fourth-order valence-corrected chi connectivity index (χ4v) is 5.88. The van der Waals surface area contributed by atoms with E-state index in [2.05, 4.69) is 0 Å². The smallest absolute Gasteiger partial charge is 0.326 e. The number of aryl methyl sites for hydroxylation is 1. The van der Waals surface area contributed by atoms with Gasteiger partial charge in [0.15, 0.2) is 26.8 Å². The summed E-state index contributed by atoms with van der Waals surface area (Å²) in [7, 11) is -4.03. The molecule has 4 rings (SSSR count). The van der Waals surface area contributed by atoms with Crippen LogP contribution in [0.5, 0.6) is 11.5 Å². The van der Waals surface area contributed by atoms with Gasteiger partial charge in [-0.05, 0) is 36.8 Å². The van der Waals surface area contributed by atoms with Crippen molar-refractivity contribution < 1.29 is 27.8 Å². The molecule has 1 heterocycles. The summed E-state index contributed by atoms with van der Waals surface area (Å²) in [6.45, 7) is 1.86. The zero-order chi connectivity index (χ0) is 19.4. The topological polar surface area (TPSA) is 114 Å². The van der Waals surface area contributed by atoms with Gasteiger partial charge in [-0.25, -0.2) is 8.42 Å². The van der Waals surface area contributed by atoms with Gasteiger partial charge in [-0.1, -0.05) is 23.8 Å². The van der Waals surface area contributed by atoms with Crippen LogP contribution in [-0.2, 0) is 14.6 Å². The maximum atomic E-state index is 13.1. The summed E-state index contributed by atoms with van der Waals surface area (Å²) in [5, 5.41) is 18.0. The fraction of sp³-hybridized carbons (Fsp3) is 0.263. The number of hydrogen-bond donors (Lipinski definition) is 1. The highest BCUT2D eigenvalue weighted by molar-refractivity contribution is 7.92. The standard InChI is InChI=1S/C19H15NO6S/c1-11-2-5-13(6-3-11)27(23,24)17-16(19(17,9-20)18(21)22)12-4-7-14-15(8-12)26-10-25-14/h2-8,16-17H,10H2,1H3,(H,21,22)/t16-,17+,19+/m0/s1. The number of nitriles is 1. The van der Waals surface area contributed by atoms with E-state index < -0.39 is 32.4 Å². The first-order valence-electron chi connectivity index (χ1n) is 8.17. The van der Waals surface area contributed by atoms with Crippen LogP contribution in [0.25, 0.3) is 0 Å². The predicted octanol–water partition coefficient (Wildman–Crippen LogP) is 2.26. The molecule has 27 heavy (non-hydrogen) atoms. The van der Waals surface area contributed by atoms with Crippen LogP contribution in [0.1, 0.15) is 17.0 Å². The molecule has 0 radical (unpaired) electrons. The lowest BCUT2D eigenvalue weighted by Gasteiger charge is -2.05. The van der Waals surface area contributed by atoms with Gasteiger partial charge in [-0.2, -0.15) is 5.26 Å². The third kappa shape index (κ3) is 2.39. The maximum Gasteiger partial charge on any atom is 0.326 e. The van der Waals surface area contributed by atoms with Gasteiger partial charge >= 0.3 is 5.97 Å². The summed E-state index contributed by atoms with van der Waals surface area (Å²) in [6, 6.07) is 12.6. The highest BCUT2D eigenvalue weighted by Crippen LogP contribution is 2.64. The lowest BCUT2D eigenvalue weighted by Crippen LogP contribution is -2.22. The minimum Gasteiger partial charge on any atom is -0.480 e. The summed E-state index contributed by atoms with van der Waals surface area (Å²) in [6.07, 6.45) is 0. The van der Waals surface area contributed by atoms with Crippen molar-refractivity contribution in [3.05, 3.63) is 53.6 Å². The molecule has 7 nitrogen and oxygen atoms in total. The van der Waals surface area contributed by atoms with Crippen molar-refractivity contribution in [1.29, 1.82) is 5.26 Å². The average molecular weight is 385 g/mol. The molecular weight excluding hydrogens is 370 g/mol. The molecule has 0 amide bonds. The summed E-state index contributed by atoms with van der Waals surface area (Å²) in [5.41, 5.74) is -0.747. The largest absolute Gasteiger partial charge is 0.480 e. The third-order valence-electron chi connectivity index (χ3n) is 5.11. The Balaban J connectivity index is 1.82. The molecule has 1 fully saturated rings. The lowest BCUT2D eigenvalue weighted by atomic mass is 10.0. The van der Waals surface area contributed by atoms with Crippen LogP contribution in [0.3, 0.4) is 0 Å². The molecule has 138 valence electrons. The van der Waals surface area contributed by atoms with Crippen molar-refractivity contribution in [2.24, 2.45) is 5.41 Å². The molecule has 3 atom stereocenters. The van der Waals surface area contributed by atoms with Crippen LogP contribution in [-0.4, -0.2) is 31.5 Å². The molecule has 0 saturated heterocycles. The Bertz CT molecular complexity index is 1090. The number of nitrogens with zero attached hydrogens (tertiary/aromatic N) is 1. The average Bonchev–Trinajstić information content (AvgIpc) is 3.15. The Hall–Kier alpha value is -3.05. The highest BCUT2D eigenvalue weighted by atomic mass is 32.2. The molecule has 2 aromatic rings. The van der Waals surface area contributed by atoms with Gasteiger partial charge in [0, 0.05) is 5.92 Å². The Kier molecular flexibility index (Phi) is 3.68. The van der Waals surface area contributed by atoms with Gasteiger partial charge < -0.3 is 14.6 Å². The van der Waals surface area contributed by atoms with Crippen LogP contribution in [0, 0.1) is 23.7 Å². The van der Waals surface area contributed by atoms with Crippen LogP contribution in [0.15, 0.2) is 47.4 Å². The van der Waals surface area contributed by atoms with Gasteiger partial charge in [-0.15, -0.1) is 0 Å². The van der Waals surface area contributed by atoms with Crippen LogP contribution in [0.2, 0.25) is 0 Å². The van der Waals surface area contributed by atoms with Gasteiger partial charge in [-0.3, -0.25) is 4.79 Å². The van der Waals surface area contributed by atoms with Gasteiger partial charge in [0.1, 0.15) is 5.25 Å². The van der Waals surface area contributed by atoms with E-state index in [-0.39, 0.29) is 11.7 Å². The minimum absolute atomic E-state index is 0.00205. The van der Waals surface area contributed by atoms with E-state index in [1.54, 1.807) is 36.4 Å². The highest BCUT2D eigenvalue weighted by Gasteiger charge is 2.77. The second kappa shape index (κ2) is 5.72. The van der Waals surface area contributed by atoms with Gasteiger partial charge in [0.25, 0.3) is 0 Å². The number of benzene rings is 2. The molecule has 2 aliphatic rings. The van der Waals surface area contributed by atoms with Crippen molar-refractivity contribution in [3.63, 3.8) is 0 Å². The van der Waals surface area contributed by atoms with E-state index in [0.717, 1.165) is 5.56 Å². The molecule has 0 aromatic heterocycles. The van der Waals surface area contributed by atoms with Crippen molar-refractivity contribution in [2.45, 2.75) is 23.0 Å². The van der Waals surface area contributed by atoms with E-state index in [4.69, 9.17) is 9.47 Å². The van der Waals surface area contributed by atoms with Crippen LogP contribution >= 0.6 is 0 Å².